The van der Waals surface area contributed by atoms with Crippen LogP contribution < -0.4 is 19.5 Å². The fraction of sp³-hybridized carbons (Fsp3) is 0.571. The molecule has 11 nitrogen and oxygen atoms in total. The van der Waals surface area contributed by atoms with E-state index in [-0.39, 0.29) is 53.0 Å². The number of hydrogen-bond donors (Lipinski definition) is 3. The van der Waals surface area contributed by atoms with Crippen molar-refractivity contribution in [2.45, 2.75) is 88.9 Å². The number of piperidine rings is 1. The number of unbranched alkanes of at least 4 members (excludes halogenated alkanes) is 1. The average Bonchev–Trinajstić information content (AvgIpc) is 3.08. The van der Waals surface area contributed by atoms with E-state index < -0.39 is 23.7 Å². The zero-order valence-electron chi connectivity index (χ0n) is 27.5. The molecule has 47 heavy (non-hydrogen) atoms. The first-order valence-corrected chi connectivity index (χ1v) is 16.5. The van der Waals surface area contributed by atoms with Crippen molar-refractivity contribution in [3.8, 4) is 23.0 Å². The number of nitrogens with zero attached hydrogens (tertiary/aromatic N) is 2. The standard InChI is InChI=1S/C35H47N3O8.ClH/c1-4-5-17-38-32(40)29(30(39)24-9-7-6-8-10-24)36-34(43)35(38)15-18-37(19-16-35)22-23-11-13-26(14-12-23)46-31-27(44-2)20-25(33(41)42)21-28(31)45-3;/h11-14,20-21,24,29-30,39H,4-10,15-19,22H2,1-3H3,(H,36,43)(H,41,42);1H/t29-,30-;/m1./s1. The highest BCUT2D eigenvalue weighted by Crippen LogP contribution is 2.42. The Morgan fingerprint density at radius 1 is 1.02 bits per heavy atom. The molecule has 2 aromatic rings. The Labute approximate surface area is 283 Å². The molecule has 2 aliphatic heterocycles. The first kappa shape index (κ1) is 36.3. The fourth-order valence-corrected chi connectivity index (χ4v) is 7.18. The van der Waals surface area contributed by atoms with Crippen LogP contribution in [-0.4, -0.2) is 89.3 Å². The van der Waals surface area contributed by atoms with Gasteiger partial charge in [-0.05, 0) is 67.9 Å². The molecule has 258 valence electrons. The summed E-state index contributed by atoms with van der Waals surface area (Å²) < 4.78 is 16.8. The second-order valence-electron chi connectivity index (χ2n) is 12.8. The zero-order valence-corrected chi connectivity index (χ0v) is 28.4. The lowest BCUT2D eigenvalue weighted by molar-refractivity contribution is -0.166. The molecule has 3 N–H and O–H groups in total. The molecule has 2 saturated heterocycles. The number of nitrogens with one attached hydrogen (secondary N) is 1. The van der Waals surface area contributed by atoms with Crippen LogP contribution >= 0.6 is 12.4 Å². The van der Waals surface area contributed by atoms with E-state index in [1.807, 2.05) is 24.3 Å². The van der Waals surface area contributed by atoms with Crippen molar-refractivity contribution in [1.82, 2.24) is 15.1 Å². The molecular weight excluding hydrogens is 626 g/mol. The number of halogens is 1. The summed E-state index contributed by atoms with van der Waals surface area (Å²) in [6.45, 7) is 4.58. The number of amides is 2. The first-order chi connectivity index (χ1) is 22.2. The summed E-state index contributed by atoms with van der Waals surface area (Å²) in [4.78, 5) is 43.2. The molecule has 0 unspecified atom stereocenters. The lowest BCUT2D eigenvalue weighted by Crippen LogP contribution is -2.75. The molecule has 0 aromatic heterocycles. The molecular formula is C35H48ClN3O8. The van der Waals surface area contributed by atoms with Crippen molar-refractivity contribution in [2.75, 3.05) is 33.9 Å². The molecule has 2 aromatic carbocycles. The first-order valence-electron chi connectivity index (χ1n) is 16.5. The molecule has 2 amide bonds. The van der Waals surface area contributed by atoms with Gasteiger partial charge < -0.3 is 34.6 Å². The molecule has 1 spiro atoms. The lowest BCUT2D eigenvalue weighted by atomic mass is 9.78. The molecule has 1 saturated carbocycles. The van der Waals surface area contributed by atoms with Crippen LogP contribution in [0.25, 0.3) is 0 Å². The molecule has 0 radical (unpaired) electrons. The predicted octanol–water partition coefficient (Wildman–Crippen LogP) is 5.02. The molecule has 3 aliphatic rings. The summed E-state index contributed by atoms with van der Waals surface area (Å²) in [5.41, 5.74) is 0.198. The van der Waals surface area contributed by atoms with E-state index >= 15 is 0 Å². The third-order valence-corrected chi connectivity index (χ3v) is 9.91. The summed E-state index contributed by atoms with van der Waals surface area (Å²) in [6.07, 6.45) is 7.00. The largest absolute Gasteiger partial charge is 0.493 e. The smallest absolute Gasteiger partial charge is 0.335 e. The van der Waals surface area contributed by atoms with Crippen LogP contribution in [0.2, 0.25) is 0 Å². The van der Waals surface area contributed by atoms with Gasteiger partial charge in [0.1, 0.15) is 17.3 Å². The van der Waals surface area contributed by atoms with Crippen LogP contribution in [0.1, 0.15) is 80.6 Å². The van der Waals surface area contributed by atoms with Gasteiger partial charge in [-0.25, -0.2) is 4.79 Å². The number of carboxylic acids is 1. The molecule has 0 bridgehead atoms. The zero-order chi connectivity index (χ0) is 32.8. The molecule has 12 heteroatoms. The predicted molar refractivity (Wildman–Crippen MR) is 179 cm³/mol. The highest BCUT2D eigenvalue weighted by Gasteiger charge is 2.55. The minimum absolute atomic E-state index is 0. The second kappa shape index (κ2) is 16.0. The van der Waals surface area contributed by atoms with Gasteiger partial charge in [0.15, 0.2) is 11.5 Å². The maximum Gasteiger partial charge on any atom is 0.335 e. The summed E-state index contributed by atoms with van der Waals surface area (Å²) >= 11 is 0. The van der Waals surface area contributed by atoms with E-state index in [1.54, 1.807) is 4.90 Å². The molecule has 2 atom stereocenters. The number of aromatic carboxylic acids is 1. The number of likely N-dealkylation sites (tertiary alicyclic amines) is 1. The minimum Gasteiger partial charge on any atom is -0.493 e. The number of piperazine rings is 1. The number of carbonyl (C=O) groups excluding carboxylic acids is 2. The van der Waals surface area contributed by atoms with E-state index in [0.717, 1.165) is 50.5 Å². The van der Waals surface area contributed by atoms with Gasteiger partial charge in [-0.3, -0.25) is 14.5 Å². The third kappa shape index (κ3) is 7.79. The Bertz CT molecular complexity index is 1360. The van der Waals surface area contributed by atoms with Gasteiger partial charge in [0.05, 0.1) is 25.9 Å². The van der Waals surface area contributed by atoms with Crippen molar-refractivity contribution in [1.29, 1.82) is 0 Å². The Morgan fingerprint density at radius 2 is 1.64 bits per heavy atom. The number of carbonyl (C=O) groups is 3. The summed E-state index contributed by atoms with van der Waals surface area (Å²) in [7, 11) is 2.88. The van der Waals surface area contributed by atoms with Gasteiger partial charge in [-0.1, -0.05) is 44.7 Å². The van der Waals surface area contributed by atoms with Crippen LogP contribution in [0.3, 0.4) is 0 Å². The van der Waals surface area contributed by atoms with Crippen molar-refractivity contribution in [2.24, 2.45) is 5.92 Å². The summed E-state index contributed by atoms with van der Waals surface area (Å²) in [5, 5.41) is 23.6. The lowest BCUT2D eigenvalue weighted by Gasteiger charge is -2.52. The van der Waals surface area contributed by atoms with Gasteiger partial charge in [0.25, 0.3) is 0 Å². The number of carboxylic acid groups (broad SMARTS) is 1. The second-order valence-corrected chi connectivity index (χ2v) is 12.8. The number of aliphatic hydroxyl groups is 1. The Balaban J connectivity index is 0.00000500. The Hall–Kier alpha value is -3.54. The van der Waals surface area contributed by atoms with E-state index in [1.165, 1.54) is 26.4 Å². The molecule has 1 aliphatic carbocycles. The number of aliphatic hydroxyl groups excluding tert-OH is 1. The van der Waals surface area contributed by atoms with Gasteiger partial charge in [0.2, 0.25) is 17.6 Å². The van der Waals surface area contributed by atoms with Crippen LogP contribution in [0.15, 0.2) is 36.4 Å². The van der Waals surface area contributed by atoms with Gasteiger partial charge in [-0.15, -0.1) is 12.4 Å². The van der Waals surface area contributed by atoms with Gasteiger partial charge in [-0.2, -0.15) is 0 Å². The molecule has 2 heterocycles. The summed E-state index contributed by atoms with van der Waals surface area (Å²) in [6, 6.07) is 9.51. The van der Waals surface area contributed by atoms with E-state index in [0.29, 0.717) is 44.8 Å². The van der Waals surface area contributed by atoms with Crippen molar-refractivity contribution < 1.29 is 38.8 Å². The average molecular weight is 674 g/mol. The van der Waals surface area contributed by atoms with Crippen LogP contribution in [-0.2, 0) is 16.1 Å². The normalized spacial score (nSPS) is 20.7. The number of ether oxygens (including phenoxy) is 3. The van der Waals surface area contributed by atoms with E-state index in [2.05, 4.69) is 17.1 Å². The maximum absolute atomic E-state index is 13.9. The number of benzene rings is 2. The quantitative estimate of drug-likeness (QED) is 0.284. The van der Waals surface area contributed by atoms with Crippen molar-refractivity contribution in [3.05, 3.63) is 47.5 Å². The third-order valence-electron chi connectivity index (χ3n) is 9.91. The monoisotopic (exact) mass is 673 g/mol. The van der Waals surface area contributed by atoms with Crippen LogP contribution in [0.5, 0.6) is 23.0 Å². The van der Waals surface area contributed by atoms with E-state index in [9.17, 15) is 24.6 Å². The number of hydrogen-bond acceptors (Lipinski definition) is 8. The number of rotatable bonds is 12. The Kier molecular flexibility index (Phi) is 12.4. The molecule has 5 rings (SSSR count). The van der Waals surface area contributed by atoms with E-state index in [4.69, 9.17) is 14.2 Å². The highest BCUT2D eigenvalue weighted by molar-refractivity contribution is 6.00. The van der Waals surface area contributed by atoms with Gasteiger partial charge >= 0.3 is 5.97 Å². The van der Waals surface area contributed by atoms with Crippen LogP contribution in [0, 0.1) is 5.92 Å². The van der Waals surface area contributed by atoms with Gasteiger partial charge in [0, 0.05) is 26.2 Å². The van der Waals surface area contributed by atoms with Crippen molar-refractivity contribution >= 4 is 30.2 Å². The topological polar surface area (TPSA) is 138 Å². The molecule has 3 fully saturated rings. The van der Waals surface area contributed by atoms with Crippen molar-refractivity contribution in [3.63, 3.8) is 0 Å². The fourth-order valence-electron chi connectivity index (χ4n) is 7.18. The summed E-state index contributed by atoms with van der Waals surface area (Å²) in [5.74, 6) is -0.0106. The highest BCUT2D eigenvalue weighted by atomic mass is 35.5. The Morgan fingerprint density at radius 3 is 2.19 bits per heavy atom. The minimum atomic E-state index is -1.10. The SMILES string of the molecule is CCCCN1C(=O)[C@@H]([C@H](O)C2CCCCC2)NC(=O)C12CCN(Cc1ccc(Oc3c(OC)cc(C(=O)O)cc3OC)cc1)CC2.Cl. The maximum atomic E-state index is 13.9. The number of methoxy groups -OCH3 is 2. The van der Waals surface area contributed by atoms with Crippen LogP contribution in [0.4, 0.5) is 0 Å².